The van der Waals surface area contributed by atoms with Crippen molar-refractivity contribution in [2.45, 2.75) is 38.6 Å². The Bertz CT molecular complexity index is 1430. The lowest BCUT2D eigenvalue weighted by molar-refractivity contribution is 0.00648. The fourth-order valence-electron chi connectivity index (χ4n) is 4.74. The third kappa shape index (κ3) is 5.11. The summed E-state index contributed by atoms with van der Waals surface area (Å²) in [6.07, 6.45) is -6.12. The molecule has 1 N–H and O–H groups in total. The average molecular weight is 530 g/mol. The normalized spacial score (nSPS) is 12.7. The highest BCUT2D eigenvalue weighted by Crippen LogP contribution is 2.48. The van der Waals surface area contributed by atoms with E-state index >= 15 is 8.78 Å². The van der Waals surface area contributed by atoms with E-state index in [9.17, 15) is 18.7 Å². The van der Waals surface area contributed by atoms with E-state index in [4.69, 9.17) is 9.47 Å². The Morgan fingerprint density at radius 2 is 1.66 bits per heavy atom. The summed E-state index contributed by atoms with van der Waals surface area (Å²) < 4.78 is 70.7. The molecule has 0 fully saturated rings. The number of benzene rings is 3. The third-order valence-corrected chi connectivity index (χ3v) is 6.32. The summed E-state index contributed by atoms with van der Waals surface area (Å²) in [4.78, 5) is 11.4. The van der Waals surface area contributed by atoms with Gasteiger partial charge in [0.05, 0.1) is 23.1 Å². The molecule has 3 aromatic carbocycles. The molecule has 1 aromatic heterocycles. The largest absolute Gasteiger partial charge is 0.485 e. The van der Waals surface area contributed by atoms with Crippen LogP contribution >= 0.6 is 0 Å². The van der Waals surface area contributed by atoms with Crippen LogP contribution in [0.25, 0.3) is 22.0 Å². The van der Waals surface area contributed by atoms with Gasteiger partial charge in [-0.15, -0.1) is 0 Å². The van der Waals surface area contributed by atoms with Crippen molar-refractivity contribution in [1.82, 2.24) is 4.57 Å². The van der Waals surface area contributed by atoms with Crippen LogP contribution in [0.5, 0.6) is 5.75 Å². The summed E-state index contributed by atoms with van der Waals surface area (Å²) in [6.45, 7) is 3.41. The Hall–Kier alpha value is -3.85. The van der Waals surface area contributed by atoms with Crippen LogP contribution in [0.4, 0.5) is 17.6 Å². The van der Waals surface area contributed by atoms with Crippen LogP contribution in [-0.2, 0) is 16.8 Å². The predicted molar refractivity (Wildman–Crippen MR) is 136 cm³/mol. The summed E-state index contributed by atoms with van der Waals surface area (Å²) >= 11 is 0. The van der Waals surface area contributed by atoms with Crippen molar-refractivity contribution in [1.29, 1.82) is 0 Å². The minimum atomic E-state index is -3.37. The molecule has 0 amide bonds. The molecule has 0 saturated carbocycles. The van der Waals surface area contributed by atoms with E-state index in [0.717, 1.165) is 16.2 Å². The molecule has 1 heterocycles. The van der Waals surface area contributed by atoms with Crippen LogP contribution < -0.4 is 4.74 Å². The molecule has 0 bridgehead atoms. The Labute approximate surface area is 217 Å². The van der Waals surface area contributed by atoms with Crippen molar-refractivity contribution in [3.05, 3.63) is 89.4 Å². The maximum atomic E-state index is 15.4. The summed E-state index contributed by atoms with van der Waals surface area (Å²) in [7, 11) is 1.43. The first-order chi connectivity index (χ1) is 18.1. The van der Waals surface area contributed by atoms with Crippen molar-refractivity contribution in [2.75, 3.05) is 13.7 Å². The Morgan fingerprint density at radius 1 is 1.00 bits per heavy atom. The zero-order chi connectivity index (χ0) is 27.6. The quantitative estimate of drug-likeness (QED) is 0.218. The Kier molecular flexibility index (Phi) is 7.78. The number of aromatic nitrogens is 1. The number of rotatable bonds is 10. The molecule has 0 aliphatic rings. The fourth-order valence-corrected chi connectivity index (χ4v) is 4.74. The minimum absolute atomic E-state index is 0.00197. The summed E-state index contributed by atoms with van der Waals surface area (Å²) in [6, 6.07) is 16.9. The van der Waals surface area contributed by atoms with E-state index in [0.29, 0.717) is 5.56 Å². The minimum Gasteiger partial charge on any atom is -0.485 e. The van der Waals surface area contributed by atoms with E-state index in [1.54, 1.807) is 38.1 Å². The second-order valence-corrected chi connectivity index (χ2v) is 9.55. The molecule has 0 spiro atoms. The van der Waals surface area contributed by atoms with Crippen molar-refractivity contribution >= 4 is 16.9 Å². The third-order valence-electron chi connectivity index (χ3n) is 6.32. The van der Waals surface area contributed by atoms with E-state index in [1.807, 2.05) is 6.07 Å². The molecule has 0 saturated heterocycles. The standard InChI is InChI=1S/C29H27F4NO4/c1-29(2,16-37-3)25-22(18-9-11-19(12-10-18)28(35)36)23-21(34(25)27(33)26(31)32)14-13-20(30)24(23)38-15-17-7-5-4-6-8-17/h4-14,26-27H,15-16H2,1-3H3,(H,35,36). The number of fused-ring (bicyclic) bond motifs is 1. The fraction of sp³-hybridized carbons (Fsp3) is 0.276. The van der Waals surface area contributed by atoms with Gasteiger partial charge >= 0.3 is 5.97 Å². The molecular weight excluding hydrogens is 502 g/mol. The Balaban J connectivity index is 2.09. The second-order valence-electron chi connectivity index (χ2n) is 9.55. The summed E-state index contributed by atoms with van der Waals surface area (Å²) in [5.41, 5.74) is 0.504. The predicted octanol–water partition coefficient (Wildman–Crippen LogP) is 7.38. The van der Waals surface area contributed by atoms with Gasteiger partial charge in [0.15, 0.2) is 11.6 Å². The number of carboxylic acids is 1. The smallest absolute Gasteiger partial charge is 0.335 e. The molecular formula is C29H27F4NO4. The second kappa shape index (κ2) is 10.9. The lowest BCUT2D eigenvalue weighted by Gasteiger charge is -2.29. The molecule has 5 nitrogen and oxygen atoms in total. The monoisotopic (exact) mass is 529 g/mol. The average Bonchev–Trinajstić information content (AvgIpc) is 3.24. The number of ether oxygens (including phenoxy) is 2. The molecule has 4 aromatic rings. The summed E-state index contributed by atoms with van der Waals surface area (Å²) in [5, 5.41) is 9.45. The van der Waals surface area contributed by atoms with Crippen molar-refractivity contribution in [3.8, 4) is 16.9 Å². The topological polar surface area (TPSA) is 60.7 Å². The molecule has 1 atom stereocenters. The highest BCUT2D eigenvalue weighted by atomic mass is 19.3. The van der Waals surface area contributed by atoms with Crippen LogP contribution in [0.3, 0.4) is 0 Å². The maximum Gasteiger partial charge on any atom is 0.335 e. The molecule has 200 valence electrons. The maximum absolute atomic E-state index is 15.4. The van der Waals surface area contributed by atoms with Gasteiger partial charge in [0.1, 0.15) is 6.61 Å². The van der Waals surface area contributed by atoms with Gasteiger partial charge in [-0.3, -0.25) is 0 Å². The zero-order valence-corrected chi connectivity index (χ0v) is 21.1. The van der Waals surface area contributed by atoms with Gasteiger partial charge in [0.2, 0.25) is 6.30 Å². The van der Waals surface area contributed by atoms with Crippen LogP contribution in [0.15, 0.2) is 66.7 Å². The van der Waals surface area contributed by atoms with Crippen LogP contribution in [-0.4, -0.2) is 35.8 Å². The lowest BCUT2D eigenvalue weighted by atomic mass is 9.84. The first kappa shape index (κ1) is 27.2. The van der Waals surface area contributed by atoms with Crippen molar-refractivity contribution in [2.24, 2.45) is 0 Å². The van der Waals surface area contributed by atoms with E-state index in [2.05, 4.69) is 0 Å². The van der Waals surface area contributed by atoms with Gasteiger partial charge in [-0.1, -0.05) is 56.3 Å². The van der Waals surface area contributed by atoms with Crippen LogP contribution in [0.2, 0.25) is 0 Å². The molecule has 38 heavy (non-hydrogen) atoms. The molecule has 0 aliphatic carbocycles. The van der Waals surface area contributed by atoms with Crippen LogP contribution in [0.1, 0.15) is 41.8 Å². The summed E-state index contributed by atoms with van der Waals surface area (Å²) in [5.74, 6) is -2.13. The molecule has 1 unspecified atom stereocenters. The number of methoxy groups -OCH3 is 1. The van der Waals surface area contributed by atoms with Crippen molar-refractivity contribution in [3.63, 3.8) is 0 Å². The van der Waals surface area contributed by atoms with E-state index in [1.165, 1.54) is 37.4 Å². The lowest BCUT2D eigenvalue weighted by Crippen LogP contribution is -2.30. The number of nitrogens with zero attached hydrogens (tertiary/aromatic N) is 1. The zero-order valence-electron chi connectivity index (χ0n) is 21.1. The number of halogens is 4. The number of carboxylic acid groups (broad SMARTS) is 1. The number of hydrogen-bond donors (Lipinski definition) is 1. The van der Waals surface area contributed by atoms with Gasteiger partial charge in [-0.05, 0) is 35.4 Å². The number of hydrogen-bond acceptors (Lipinski definition) is 3. The van der Waals surface area contributed by atoms with Gasteiger partial charge in [0.25, 0.3) is 6.43 Å². The molecule has 0 aliphatic heterocycles. The number of aromatic carboxylic acids is 1. The number of carbonyl (C=O) groups is 1. The van der Waals surface area contributed by atoms with Crippen LogP contribution in [0, 0.1) is 5.82 Å². The Morgan fingerprint density at radius 3 is 2.24 bits per heavy atom. The number of alkyl halides is 3. The van der Waals surface area contributed by atoms with Gasteiger partial charge in [0, 0.05) is 23.8 Å². The van der Waals surface area contributed by atoms with Gasteiger partial charge in [-0.25, -0.2) is 22.4 Å². The highest BCUT2D eigenvalue weighted by Gasteiger charge is 2.38. The van der Waals surface area contributed by atoms with E-state index in [-0.39, 0.29) is 46.7 Å². The first-order valence-electron chi connectivity index (χ1n) is 11.8. The van der Waals surface area contributed by atoms with Gasteiger partial charge < -0.3 is 19.1 Å². The first-order valence-corrected chi connectivity index (χ1v) is 11.8. The molecule has 9 heteroatoms. The van der Waals surface area contributed by atoms with Gasteiger partial charge in [-0.2, -0.15) is 0 Å². The highest BCUT2D eigenvalue weighted by molar-refractivity contribution is 6.03. The molecule has 4 rings (SSSR count). The SMILES string of the molecule is COCC(C)(C)c1c(-c2ccc(C(=O)O)cc2)c2c(OCc3ccccc3)c(F)ccc2n1C(F)C(F)F. The van der Waals surface area contributed by atoms with Crippen molar-refractivity contribution < 1.29 is 36.9 Å². The van der Waals surface area contributed by atoms with E-state index < -0.39 is 29.9 Å². The molecule has 0 radical (unpaired) electrons.